The molecule has 0 aliphatic carbocycles. The number of nitrogens with one attached hydrogen (secondary N) is 1. The smallest absolute Gasteiger partial charge is 0.166 e. The van der Waals surface area contributed by atoms with Gasteiger partial charge in [-0.2, -0.15) is 0 Å². The quantitative estimate of drug-likeness (QED) is 0.784. The van der Waals surface area contributed by atoms with Gasteiger partial charge in [-0.3, -0.25) is 0 Å². The number of aromatic amines is 1. The Balaban J connectivity index is 2.22. The first kappa shape index (κ1) is 10.5. The van der Waals surface area contributed by atoms with Gasteiger partial charge in [-0.25, -0.2) is 4.98 Å². The summed E-state index contributed by atoms with van der Waals surface area (Å²) in [7, 11) is 0. The van der Waals surface area contributed by atoms with Crippen LogP contribution in [0.5, 0.6) is 0 Å². The third-order valence-corrected chi connectivity index (χ3v) is 3.53. The van der Waals surface area contributed by atoms with Gasteiger partial charge in [-0.05, 0) is 19.1 Å². The zero-order chi connectivity index (χ0) is 10.8. The number of fused-ring (bicyclic) bond motifs is 1. The molecular formula is C11H14N2OS. The van der Waals surface area contributed by atoms with E-state index in [9.17, 15) is 5.11 Å². The minimum Gasteiger partial charge on any atom is -0.392 e. The molecule has 2 aromatic rings. The lowest BCUT2D eigenvalue weighted by molar-refractivity contribution is 0.196. The average Bonchev–Trinajstić information content (AvgIpc) is 2.59. The number of H-pyrrole nitrogens is 1. The number of hydrogen-bond acceptors (Lipinski definition) is 3. The normalized spacial score (nSPS) is 15.4. The Kier molecular flexibility index (Phi) is 2.98. The Morgan fingerprint density at radius 2 is 2.07 bits per heavy atom. The number of hydrogen-bond donors (Lipinski definition) is 2. The Morgan fingerprint density at radius 3 is 2.73 bits per heavy atom. The number of rotatable bonds is 3. The molecule has 2 N–H and O–H groups in total. The molecule has 2 unspecified atom stereocenters. The fourth-order valence-electron chi connectivity index (χ4n) is 1.26. The van der Waals surface area contributed by atoms with Crippen molar-refractivity contribution in [3.8, 4) is 0 Å². The van der Waals surface area contributed by atoms with Crippen molar-refractivity contribution >= 4 is 22.8 Å². The fourth-order valence-corrected chi connectivity index (χ4v) is 2.13. The van der Waals surface area contributed by atoms with Crippen LogP contribution in [0.25, 0.3) is 11.0 Å². The SMILES string of the molecule is CC(O)C(C)Sc1nc2ccccc2[nH]1. The van der Waals surface area contributed by atoms with Gasteiger partial charge in [0.15, 0.2) is 5.16 Å². The van der Waals surface area contributed by atoms with E-state index >= 15 is 0 Å². The monoisotopic (exact) mass is 222 g/mol. The van der Waals surface area contributed by atoms with E-state index in [-0.39, 0.29) is 11.4 Å². The summed E-state index contributed by atoms with van der Waals surface area (Å²) in [5, 5.41) is 10.4. The second-order valence-electron chi connectivity index (χ2n) is 3.62. The van der Waals surface area contributed by atoms with Crippen molar-refractivity contribution in [2.75, 3.05) is 0 Å². The largest absolute Gasteiger partial charge is 0.392 e. The van der Waals surface area contributed by atoms with E-state index in [0.717, 1.165) is 16.2 Å². The highest BCUT2D eigenvalue weighted by molar-refractivity contribution is 7.99. The molecule has 4 heteroatoms. The number of aliphatic hydroxyl groups is 1. The maximum atomic E-state index is 9.39. The lowest BCUT2D eigenvalue weighted by Crippen LogP contribution is -2.15. The maximum Gasteiger partial charge on any atom is 0.166 e. The number of nitrogens with zero attached hydrogens (tertiary/aromatic N) is 1. The number of aliphatic hydroxyl groups excluding tert-OH is 1. The highest BCUT2D eigenvalue weighted by Gasteiger charge is 2.12. The Labute approximate surface area is 92.9 Å². The van der Waals surface area contributed by atoms with Crippen molar-refractivity contribution < 1.29 is 5.11 Å². The summed E-state index contributed by atoms with van der Waals surface area (Å²) < 4.78 is 0. The van der Waals surface area contributed by atoms with E-state index in [1.54, 1.807) is 18.7 Å². The second-order valence-corrected chi connectivity index (χ2v) is 4.99. The third-order valence-electron chi connectivity index (χ3n) is 2.34. The number of thioether (sulfide) groups is 1. The highest BCUT2D eigenvalue weighted by Crippen LogP contribution is 2.24. The standard InChI is InChI=1S/C11H14N2OS/c1-7(14)8(2)15-11-12-9-5-3-4-6-10(9)13-11/h3-8,14H,1-2H3,(H,12,13). The summed E-state index contributed by atoms with van der Waals surface area (Å²) in [5.41, 5.74) is 2.01. The van der Waals surface area contributed by atoms with Crippen molar-refractivity contribution in [1.29, 1.82) is 0 Å². The topological polar surface area (TPSA) is 48.9 Å². The summed E-state index contributed by atoms with van der Waals surface area (Å²) in [6.45, 7) is 3.78. The van der Waals surface area contributed by atoms with Gasteiger partial charge < -0.3 is 10.1 Å². The lowest BCUT2D eigenvalue weighted by atomic mass is 10.3. The van der Waals surface area contributed by atoms with E-state index < -0.39 is 0 Å². The molecule has 0 radical (unpaired) electrons. The zero-order valence-corrected chi connectivity index (χ0v) is 9.58. The second kappa shape index (κ2) is 4.24. The predicted octanol–water partition coefficient (Wildman–Crippen LogP) is 2.42. The van der Waals surface area contributed by atoms with Crippen molar-refractivity contribution in [3.63, 3.8) is 0 Å². The van der Waals surface area contributed by atoms with Gasteiger partial charge >= 0.3 is 0 Å². The van der Waals surface area contributed by atoms with Gasteiger partial charge in [0, 0.05) is 5.25 Å². The summed E-state index contributed by atoms with van der Waals surface area (Å²) in [6.07, 6.45) is -0.330. The molecule has 1 aromatic carbocycles. The van der Waals surface area contributed by atoms with Crippen molar-refractivity contribution in [2.24, 2.45) is 0 Å². The van der Waals surface area contributed by atoms with Gasteiger partial charge in [0.25, 0.3) is 0 Å². The zero-order valence-electron chi connectivity index (χ0n) is 8.77. The van der Waals surface area contributed by atoms with Crippen LogP contribution in [0.15, 0.2) is 29.4 Å². The van der Waals surface area contributed by atoms with Crippen LogP contribution in [-0.4, -0.2) is 26.4 Å². The van der Waals surface area contributed by atoms with Gasteiger partial charge in [-0.15, -0.1) is 0 Å². The molecule has 0 amide bonds. The van der Waals surface area contributed by atoms with Crippen LogP contribution in [0, 0.1) is 0 Å². The number of benzene rings is 1. The summed E-state index contributed by atoms with van der Waals surface area (Å²) >= 11 is 1.56. The molecule has 3 nitrogen and oxygen atoms in total. The first-order chi connectivity index (χ1) is 7.16. The van der Waals surface area contributed by atoms with E-state index in [4.69, 9.17) is 0 Å². The first-order valence-electron chi connectivity index (χ1n) is 4.96. The predicted molar refractivity (Wildman–Crippen MR) is 63.1 cm³/mol. The van der Waals surface area contributed by atoms with E-state index in [1.165, 1.54) is 0 Å². The minimum atomic E-state index is -0.330. The molecule has 0 spiro atoms. The maximum absolute atomic E-state index is 9.39. The van der Waals surface area contributed by atoms with Crippen molar-refractivity contribution in [3.05, 3.63) is 24.3 Å². The molecule has 2 rings (SSSR count). The fraction of sp³-hybridized carbons (Fsp3) is 0.364. The average molecular weight is 222 g/mol. The molecule has 15 heavy (non-hydrogen) atoms. The van der Waals surface area contributed by atoms with Crippen LogP contribution in [0.1, 0.15) is 13.8 Å². The summed E-state index contributed by atoms with van der Waals surface area (Å²) in [4.78, 5) is 7.65. The Morgan fingerprint density at radius 1 is 1.33 bits per heavy atom. The number of para-hydroxylation sites is 2. The Hall–Kier alpha value is -1.00. The minimum absolute atomic E-state index is 0.144. The molecule has 0 aliphatic heterocycles. The summed E-state index contributed by atoms with van der Waals surface area (Å²) in [5.74, 6) is 0. The highest BCUT2D eigenvalue weighted by atomic mass is 32.2. The van der Waals surface area contributed by atoms with E-state index in [2.05, 4.69) is 9.97 Å². The first-order valence-corrected chi connectivity index (χ1v) is 5.84. The van der Waals surface area contributed by atoms with Crippen molar-refractivity contribution in [2.45, 2.75) is 30.4 Å². The van der Waals surface area contributed by atoms with Crippen LogP contribution in [0.3, 0.4) is 0 Å². The molecule has 1 heterocycles. The van der Waals surface area contributed by atoms with Gasteiger partial charge in [0.2, 0.25) is 0 Å². The van der Waals surface area contributed by atoms with Crippen LogP contribution < -0.4 is 0 Å². The molecule has 0 bridgehead atoms. The van der Waals surface area contributed by atoms with Crippen molar-refractivity contribution in [1.82, 2.24) is 9.97 Å². The van der Waals surface area contributed by atoms with Gasteiger partial charge in [0.05, 0.1) is 17.1 Å². The molecular weight excluding hydrogens is 208 g/mol. The lowest BCUT2D eigenvalue weighted by Gasteiger charge is -2.11. The van der Waals surface area contributed by atoms with Crippen LogP contribution in [0.2, 0.25) is 0 Å². The van der Waals surface area contributed by atoms with Gasteiger partial charge in [-0.1, -0.05) is 30.8 Å². The molecule has 0 saturated heterocycles. The molecule has 1 aromatic heterocycles. The van der Waals surface area contributed by atoms with Crippen LogP contribution in [0.4, 0.5) is 0 Å². The molecule has 0 aliphatic rings. The number of aromatic nitrogens is 2. The molecule has 2 atom stereocenters. The van der Waals surface area contributed by atoms with Gasteiger partial charge in [0.1, 0.15) is 0 Å². The van der Waals surface area contributed by atoms with E-state index in [1.807, 2.05) is 31.2 Å². The van der Waals surface area contributed by atoms with Crippen LogP contribution in [-0.2, 0) is 0 Å². The Bertz CT molecular complexity index is 420. The molecule has 80 valence electrons. The molecule has 0 saturated carbocycles. The summed E-state index contributed by atoms with van der Waals surface area (Å²) in [6, 6.07) is 7.92. The van der Waals surface area contributed by atoms with E-state index in [0.29, 0.717) is 0 Å². The van der Waals surface area contributed by atoms with Crippen LogP contribution >= 0.6 is 11.8 Å². The third kappa shape index (κ3) is 2.33. The number of imidazole rings is 1. The molecule has 0 fully saturated rings.